The first-order valence-electron chi connectivity index (χ1n) is 18.7. The molecule has 0 aliphatic rings. The van der Waals surface area contributed by atoms with Crippen molar-refractivity contribution in [3.63, 3.8) is 0 Å². The molecule has 9 aromatic carbocycles. The smallest absolute Gasteiger partial charge is 0.136 e. The first-order chi connectivity index (χ1) is 27.2. The van der Waals surface area contributed by atoms with Crippen LogP contribution in [0.25, 0.3) is 86.3 Å². The molecule has 3 heteroatoms. The minimum absolute atomic E-state index is 0.902. The zero-order valence-corrected chi connectivity index (χ0v) is 30.6. The Kier molecular flexibility index (Phi) is 7.39. The second-order valence-corrected chi connectivity index (χ2v) is 15.2. The van der Waals surface area contributed by atoms with Crippen molar-refractivity contribution in [2.75, 3.05) is 4.90 Å². The van der Waals surface area contributed by atoms with E-state index in [4.69, 9.17) is 4.42 Å². The molecule has 2 nitrogen and oxygen atoms in total. The summed E-state index contributed by atoms with van der Waals surface area (Å²) in [5, 5.41) is 7.36. The second-order valence-electron chi connectivity index (χ2n) is 14.1. The Balaban J connectivity index is 1.06. The van der Waals surface area contributed by atoms with Crippen LogP contribution in [0.2, 0.25) is 0 Å². The number of anilines is 3. The average Bonchev–Trinajstić information content (AvgIpc) is 3.82. The van der Waals surface area contributed by atoms with Crippen molar-refractivity contribution in [3.8, 4) is 33.4 Å². The lowest BCUT2D eigenvalue weighted by Crippen LogP contribution is -2.11. The number of para-hydroxylation sites is 2. The maximum atomic E-state index is 6.26. The van der Waals surface area contributed by atoms with E-state index in [1.165, 1.54) is 53.2 Å². The summed E-state index contributed by atoms with van der Waals surface area (Å²) < 4.78 is 8.88. The van der Waals surface area contributed by atoms with Gasteiger partial charge in [-0.05, 0) is 99.3 Å². The molecule has 0 unspecified atom stereocenters. The van der Waals surface area contributed by atoms with E-state index in [9.17, 15) is 0 Å². The number of benzene rings is 9. The summed E-state index contributed by atoms with van der Waals surface area (Å²) in [6.45, 7) is 0. The third-order valence-electron chi connectivity index (χ3n) is 10.9. The van der Waals surface area contributed by atoms with Crippen molar-refractivity contribution >= 4 is 81.3 Å². The summed E-state index contributed by atoms with van der Waals surface area (Å²) in [5.74, 6) is 0. The van der Waals surface area contributed by atoms with Crippen molar-refractivity contribution in [3.05, 3.63) is 200 Å². The number of thiophene rings is 1. The van der Waals surface area contributed by atoms with Gasteiger partial charge in [-0.25, -0.2) is 0 Å². The Bertz CT molecular complexity index is 3220. The minimum atomic E-state index is 0.902. The summed E-state index contributed by atoms with van der Waals surface area (Å²) >= 11 is 1.87. The molecular formula is C52H33NOS. The third-order valence-corrected chi connectivity index (χ3v) is 12.1. The van der Waals surface area contributed by atoms with Crippen molar-refractivity contribution in [2.45, 2.75) is 0 Å². The van der Waals surface area contributed by atoms with Crippen LogP contribution in [0.5, 0.6) is 0 Å². The van der Waals surface area contributed by atoms with Crippen LogP contribution in [-0.2, 0) is 0 Å². The molecule has 0 radical (unpaired) electrons. The van der Waals surface area contributed by atoms with E-state index in [2.05, 4.69) is 193 Å². The lowest BCUT2D eigenvalue weighted by Gasteiger charge is -2.28. The monoisotopic (exact) mass is 719 g/mol. The quantitative estimate of drug-likeness (QED) is 0.170. The first kappa shape index (κ1) is 31.6. The molecule has 11 rings (SSSR count). The molecule has 258 valence electrons. The van der Waals surface area contributed by atoms with Crippen LogP contribution >= 0.6 is 11.3 Å². The first-order valence-corrected chi connectivity index (χ1v) is 19.5. The minimum Gasteiger partial charge on any atom is -0.456 e. The van der Waals surface area contributed by atoms with Crippen molar-refractivity contribution < 1.29 is 4.42 Å². The van der Waals surface area contributed by atoms with E-state index in [-0.39, 0.29) is 0 Å². The summed E-state index contributed by atoms with van der Waals surface area (Å²) in [4.78, 5) is 2.41. The van der Waals surface area contributed by atoms with E-state index in [0.717, 1.165) is 50.1 Å². The van der Waals surface area contributed by atoms with Crippen LogP contribution in [0, 0.1) is 0 Å². The van der Waals surface area contributed by atoms with Gasteiger partial charge in [-0.3, -0.25) is 0 Å². The molecule has 0 fully saturated rings. The van der Waals surface area contributed by atoms with Crippen LogP contribution in [0.3, 0.4) is 0 Å². The highest BCUT2D eigenvalue weighted by Gasteiger charge is 2.19. The Morgan fingerprint density at radius 2 is 1.04 bits per heavy atom. The van der Waals surface area contributed by atoms with Gasteiger partial charge in [-0.2, -0.15) is 0 Å². The van der Waals surface area contributed by atoms with Gasteiger partial charge in [0.1, 0.15) is 11.2 Å². The van der Waals surface area contributed by atoms with Crippen LogP contribution in [0.1, 0.15) is 0 Å². The van der Waals surface area contributed by atoms with Gasteiger partial charge in [-0.1, -0.05) is 140 Å². The highest BCUT2D eigenvalue weighted by molar-refractivity contribution is 7.26. The van der Waals surface area contributed by atoms with Gasteiger partial charge < -0.3 is 9.32 Å². The summed E-state index contributed by atoms with van der Waals surface area (Å²) in [5.41, 5.74) is 12.2. The number of nitrogens with zero attached hydrogens (tertiary/aromatic N) is 1. The largest absolute Gasteiger partial charge is 0.456 e. The van der Waals surface area contributed by atoms with Gasteiger partial charge in [0.05, 0.1) is 5.69 Å². The standard InChI is InChI=1S/C52H33NOS/c1-2-12-36-31-39(24-23-34(36)11-1)42-15-3-6-20-48(42)53(40-28-25-35(26-29-40)37-27-30-45-44-16-4-7-21-49(44)54-50(45)33-37)41-14-9-13-38(32-41)43-18-10-19-47-46-17-5-8-22-51(46)55-52(43)47/h1-33H. The maximum absolute atomic E-state index is 6.26. The molecule has 0 saturated carbocycles. The fourth-order valence-electron chi connectivity index (χ4n) is 8.19. The Morgan fingerprint density at radius 3 is 1.96 bits per heavy atom. The Morgan fingerprint density at radius 1 is 0.364 bits per heavy atom. The molecule has 0 aliphatic carbocycles. The zero-order valence-electron chi connectivity index (χ0n) is 29.8. The van der Waals surface area contributed by atoms with Crippen molar-refractivity contribution in [1.82, 2.24) is 0 Å². The molecule has 0 N–H and O–H groups in total. The molecule has 2 heterocycles. The van der Waals surface area contributed by atoms with Gasteiger partial charge in [0.2, 0.25) is 0 Å². The van der Waals surface area contributed by atoms with Crippen LogP contribution in [-0.4, -0.2) is 0 Å². The van der Waals surface area contributed by atoms with E-state index in [0.29, 0.717) is 0 Å². The van der Waals surface area contributed by atoms with Crippen LogP contribution in [0.15, 0.2) is 205 Å². The normalized spacial score (nSPS) is 11.6. The fourth-order valence-corrected chi connectivity index (χ4v) is 9.43. The molecule has 2 aromatic heterocycles. The van der Waals surface area contributed by atoms with E-state index in [1.54, 1.807) is 0 Å². The summed E-state index contributed by atoms with van der Waals surface area (Å²) in [6.07, 6.45) is 0. The lowest BCUT2D eigenvalue weighted by molar-refractivity contribution is 0.669. The Hall–Kier alpha value is -6.94. The number of fused-ring (bicyclic) bond motifs is 7. The lowest BCUT2D eigenvalue weighted by atomic mass is 9.97. The molecule has 11 aromatic rings. The van der Waals surface area contributed by atoms with E-state index < -0.39 is 0 Å². The molecule has 0 aliphatic heterocycles. The highest BCUT2D eigenvalue weighted by Crippen LogP contribution is 2.45. The predicted molar refractivity (Wildman–Crippen MR) is 235 cm³/mol. The van der Waals surface area contributed by atoms with Gasteiger partial charge >= 0.3 is 0 Å². The molecular weight excluding hydrogens is 687 g/mol. The predicted octanol–water partition coefficient (Wildman–Crippen LogP) is 15.6. The van der Waals surface area contributed by atoms with Gasteiger partial charge in [-0.15, -0.1) is 11.3 Å². The van der Waals surface area contributed by atoms with Gasteiger partial charge in [0.25, 0.3) is 0 Å². The maximum Gasteiger partial charge on any atom is 0.136 e. The molecule has 0 amide bonds. The summed E-state index contributed by atoms with van der Waals surface area (Å²) in [7, 11) is 0. The van der Waals surface area contributed by atoms with Gasteiger partial charge in [0.15, 0.2) is 0 Å². The number of hydrogen-bond donors (Lipinski definition) is 0. The third kappa shape index (κ3) is 5.40. The van der Waals surface area contributed by atoms with E-state index >= 15 is 0 Å². The zero-order chi connectivity index (χ0) is 36.3. The summed E-state index contributed by atoms with van der Waals surface area (Å²) in [6, 6.07) is 72.3. The topological polar surface area (TPSA) is 16.4 Å². The SMILES string of the molecule is c1cc(-c2cccc3c2sc2ccccc23)cc(N(c2ccc(-c3ccc4c(c3)oc3ccccc34)cc2)c2ccccc2-c2ccc3ccccc3c2)c1. The highest BCUT2D eigenvalue weighted by atomic mass is 32.1. The molecule has 0 spiro atoms. The second kappa shape index (κ2) is 12.9. The van der Waals surface area contributed by atoms with Crippen LogP contribution < -0.4 is 4.90 Å². The average molecular weight is 720 g/mol. The fraction of sp³-hybridized carbons (Fsp3) is 0. The molecule has 0 bridgehead atoms. The van der Waals surface area contributed by atoms with Gasteiger partial charge in [0, 0.05) is 47.9 Å². The van der Waals surface area contributed by atoms with E-state index in [1.807, 2.05) is 23.5 Å². The van der Waals surface area contributed by atoms with Crippen molar-refractivity contribution in [2.24, 2.45) is 0 Å². The van der Waals surface area contributed by atoms with Crippen LogP contribution in [0.4, 0.5) is 17.1 Å². The number of hydrogen-bond acceptors (Lipinski definition) is 3. The molecule has 0 atom stereocenters. The molecule has 55 heavy (non-hydrogen) atoms. The number of rotatable bonds is 6. The number of furan rings is 1. The molecule has 0 saturated heterocycles. The Labute approximate surface area is 322 Å². The van der Waals surface area contributed by atoms with Crippen molar-refractivity contribution in [1.29, 1.82) is 0 Å².